The van der Waals surface area contributed by atoms with Gasteiger partial charge in [0.05, 0.1) is 11.4 Å². The van der Waals surface area contributed by atoms with E-state index < -0.39 is 9.84 Å². The molecular formula is C20H20ClN3O4S. The maximum atomic E-state index is 12.9. The third-order valence-electron chi connectivity index (χ3n) is 4.28. The molecule has 3 rings (SSSR count). The molecule has 0 bridgehead atoms. The van der Waals surface area contributed by atoms with Crippen molar-refractivity contribution in [2.24, 2.45) is 0 Å². The lowest BCUT2D eigenvalue weighted by molar-refractivity contribution is 0.0672. The summed E-state index contributed by atoms with van der Waals surface area (Å²) in [5.74, 6) is 0.376. The first kappa shape index (κ1) is 21.0. The molecule has 0 N–H and O–H groups in total. The van der Waals surface area contributed by atoms with E-state index in [1.165, 1.54) is 24.3 Å². The quantitative estimate of drug-likeness (QED) is 0.586. The first-order chi connectivity index (χ1) is 13.6. The highest BCUT2D eigenvalue weighted by atomic mass is 35.5. The average molecular weight is 434 g/mol. The Morgan fingerprint density at radius 2 is 1.69 bits per heavy atom. The molecule has 0 fully saturated rings. The average Bonchev–Trinajstić information content (AvgIpc) is 3.14. The predicted molar refractivity (Wildman–Crippen MR) is 109 cm³/mol. The van der Waals surface area contributed by atoms with Crippen molar-refractivity contribution in [3.63, 3.8) is 0 Å². The lowest BCUT2D eigenvalue weighted by atomic mass is 10.1. The van der Waals surface area contributed by atoms with Gasteiger partial charge in [0.25, 0.3) is 5.91 Å². The zero-order valence-electron chi connectivity index (χ0n) is 16.2. The molecule has 3 aromatic rings. The van der Waals surface area contributed by atoms with Gasteiger partial charge in [0.15, 0.2) is 9.84 Å². The summed E-state index contributed by atoms with van der Waals surface area (Å²) in [6.07, 6.45) is 1.12. The first-order valence-corrected chi connectivity index (χ1v) is 11.1. The van der Waals surface area contributed by atoms with Crippen LogP contribution < -0.4 is 0 Å². The second-order valence-electron chi connectivity index (χ2n) is 6.83. The number of benzene rings is 2. The summed E-state index contributed by atoms with van der Waals surface area (Å²) < 4.78 is 28.9. The lowest BCUT2D eigenvalue weighted by Gasteiger charge is -2.25. The van der Waals surface area contributed by atoms with Gasteiger partial charge in [-0.1, -0.05) is 11.6 Å². The molecule has 1 amide bonds. The number of carbonyl (C=O) groups excluding carboxylic acids is 1. The fraction of sp³-hybridized carbons (Fsp3) is 0.250. The molecule has 29 heavy (non-hydrogen) atoms. The normalized spacial score (nSPS) is 11.6. The minimum Gasteiger partial charge on any atom is -0.419 e. The zero-order valence-corrected chi connectivity index (χ0v) is 17.7. The summed E-state index contributed by atoms with van der Waals surface area (Å²) in [4.78, 5) is 14.7. The van der Waals surface area contributed by atoms with E-state index in [9.17, 15) is 13.2 Å². The van der Waals surface area contributed by atoms with E-state index in [1.54, 1.807) is 29.2 Å². The molecular weight excluding hydrogens is 414 g/mol. The van der Waals surface area contributed by atoms with Crippen molar-refractivity contribution < 1.29 is 17.6 Å². The molecule has 0 radical (unpaired) electrons. The van der Waals surface area contributed by atoms with Crippen LogP contribution in [0.15, 0.2) is 57.8 Å². The Kier molecular flexibility index (Phi) is 6.04. The van der Waals surface area contributed by atoms with Crippen LogP contribution in [0.4, 0.5) is 0 Å². The third kappa shape index (κ3) is 5.02. The van der Waals surface area contributed by atoms with Crippen LogP contribution in [-0.2, 0) is 16.4 Å². The van der Waals surface area contributed by atoms with Gasteiger partial charge in [-0.3, -0.25) is 4.79 Å². The van der Waals surface area contributed by atoms with E-state index in [4.69, 9.17) is 16.0 Å². The Morgan fingerprint density at radius 1 is 1.07 bits per heavy atom. The van der Waals surface area contributed by atoms with Crippen molar-refractivity contribution >= 4 is 27.3 Å². The number of aromatic nitrogens is 2. The fourth-order valence-electron chi connectivity index (χ4n) is 2.67. The molecule has 0 aliphatic heterocycles. The van der Waals surface area contributed by atoms with Crippen LogP contribution in [0.5, 0.6) is 0 Å². The smallest absolute Gasteiger partial charge is 0.254 e. The summed E-state index contributed by atoms with van der Waals surface area (Å²) in [6.45, 7) is 3.88. The SMILES string of the molecule is CC(C)N(Cc1nnc(-c2ccc(Cl)cc2)o1)C(=O)c1ccc(S(C)(=O)=O)cc1. The zero-order chi connectivity index (χ0) is 21.2. The van der Waals surface area contributed by atoms with Crippen molar-refractivity contribution in [3.8, 4) is 11.5 Å². The molecule has 9 heteroatoms. The van der Waals surface area contributed by atoms with E-state index in [1.807, 2.05) is 13.8 Å². The highest BCUT2D eigenvalue weighted by molar-refractivity contribution is 7.90. The van der Waals surface area contributed by atoms with Gasteiger partial charge in [-0.25, -0.2) is 8.42 Å². The second-order valence-corrected chi connectivity index (χ2v) is 9.28. The van der Waals surface area contributed by atoms with Crippen LogP contribution in [-0.4, -0.2) is 41.7 Å². The molecule has 2 aromatic carbocycles. The van der Waals surface area contributed by atoms with Crippen molar-refractivity contribution in [2.45, 2.75) is 31.3 Å². The van der Waals surface area contributed by atoms with Gasteiger partial charge < -0.3 is 9.32 Å². The van der Waals surface area contributed by atoms with Gasteiger partial charge in [-0.15, -0.1) is 10.2 Å². The number of nitrogens with zero attached hydrogens (tertiary/aromatic N) is 3. The number of halogens is 1. The van der Waals surface area contributed by atoms with Gasteiger partial charge >= 0.3 is 0 Å². The van der Waals surface area contributed by atoms with Gasteiger partial charge in [0.1, 0.15) is 0 Å². The Balaban J connectivity index is 1.80. The van der Waals surface area contributed by atoms with Crippen molar-refractivity contribution in [2.75, 3.05) is 6.26 Å². The molecule has 0 saturated carbocycles. The van der Waals surface area contributed by atoms with Gasteiger partial charge in [0.2, 0.25) is 11.8 Å². The Bertz CT molecular complexity index is 1110. The Hall–Kier alpha value is -2.71. The van der Waals surface area contributed by atoms with Gasteiger partial charge in [-0.2, -0.15) is 0 Å². The fourth-order valence-corrected chi connectivity index (χ4v) is 3.43. The molecule has 0 unspecified atom stereocenters. The first-order valence-electron chi connectivity index (χ1n) is 8.84. The molecule has 1 aromatic heterocycles. The second kappa shape index (κ2) is 8.34. The van der Waals surface area contributed by atoms with E-state index in [-0.39, 0.29) is 23.4 Å². The summed E-state index contributed by atoms with van der Waals surface area (Å²) in [5, 5.41) is 8.68. The van der Waals surface area contributed by atoms with Crippen LogP contribution in [0, 0.1) is 0 Å². The highest BCUT2D eigenvalue weighted by Crippen LogP contribution is 2.22. The summed E-state index contributed by atoms with van der Waals surface area (Å²) in [7, 11) is -3.32. The van der Waals surface area contributed by atoms with Crippen molar-refractivity contribution in [1.29, 1.82) is 0 Å². The van der Waals surface area contributed by atoms with E-state index in [0.717, 1.165) is 11.8 Å². The molecule has 0 atom stereocenters. The van der Waals surface area contributed by atoms with Crippen molar-refractivity contribution in [1.82, 2.24) is 15.1 Å². The van der Waals surface area contributed by atoms with Crippen LogP contribution in [0.1, 0.15) is 30.1 Å². The lowest BCUT2D eigenvalue weighted by Crippen LogP contribution is -2.36. The Labute approximate surface area is 174 Å². The van der Waals surface area contributed by atoms with Crippen LogP contribution in [0.25, 0.3) is 11.5 Å². The monoisotopic (exact) mass is 433 g/mol. The summed E-state index contributed by atoms with van der Waals surface area (Å²) in [5.41, 5.74) is 1.11. The van der Waals surface area contributed by atoms with Crippen molar-refractivity contribution in [3.05, 3.63) is 65.0 Å². The standard InChI is InChI=1S/C20H20ClN3O4S/c1-13(2)24(20(25)15-6-10-17(11-7-15)29(3,26)27)12-18-22-23-19(28-18)14-4-8-16(21)9-5-14/h4-11,13H,12H2,1-3H3. The maximum absolute atomic E-state index is 12.9. The molecule has 0 saturated heterocycles. The summed E-state index contributed by atoms with van der Waals surface area (Å²) >= 11 is 5.89. The number of rotatable bonds is 6. The molecule has 1 heterocycles. The molecule has 152 valence electrons. The highest BCUT2D eigenvalue weighted by Gasteiger charge is 2.22. The predicted octanol–water partition coefficient (Wildman–Crippen LogP) is 3.84. The number of hydrogen-bond donors (Lipinski definition) is 0. The Morgan fingerprint density at radius 3 is 2.24 bits per heavy atom. The summed E-state index contributed by atoms with van der Waals surface area (Å²) in [6, 6.07) is 12.7. The number of sulfone groups is 1. The van der Waals surface area contributed by atoms with E-state index in [2.05, 4.69) is 10.2 Å². The topological polar surface area (TPSA) is 93.4 Å². The van der Waals surface area contributed by atoms with E-state index >= 15 is 0 Å². The number of carbonyl (C=O) groups is 1. The molecule has 0 aliphatic carbocycles. The minimum atomic E-state index is -3.32. The minimum absolute atomic E-state index is 0.130. The largest absolute Gasteiger partial charge is 0.419 e. The third-order valence-corrected chi connectivity index (χ3v) is 5.66. The molecule has 7 nitrogen and oxygen atoms in total. The maximum Gasteiger partial charge on any atom is 0.254 e. The van der Waals surface area contributed by atoms with Gasteiger partial charge in [-0.05, 0) is 62.4 Å². The molecule has 0 spiro atoms. The molecule has 0 aliphatic rings. The van der Waals surface area contributed by atoms with Crippen LogP contribution in [0.3, 0.4) is 0 Å². The van der Waals surface area contributed by atoms with Crippen LogP contribution in [0.2, 0.25) is 5.02 Å². The van der Waals surface area contributed by atoms with Crippen LogP contribution >= 0.6 is 11.6 Å². The van der Waals surface area contributed by atoms with E-state index in [0.29, 0.717) is 22.4 Å². The number of hydrogen-bond acceptors (Lipinski definition) is 6. The van der Waals surface area contributed by atoms with Gasteiger partial charge in [0, 0.05) is 28.4 Å². The number of amides is 1.